The Morgan fingerprint density at radius 1 is 1.40 bits per heavy atom. The number of rotatable bonds is 2. The van der Waals surface area contributed by atoms with E-state index in [1.807, 2.05) is 0 Å². The zero-order chi connectivity index (χ0) is 15.1. The molecule has 1 aliphatic rings. The summed E-state index contributed by atoms with van der Waals surface area (Å²) in [6.07, 6.45) is -4.55. The van der Waals surface area contributed by atoms with Gasteiger partial charge in [0.05, 0.1) is 11.3 Å². The van der Waals surface area contributed by atoms with E-state index in [9.17, 15) is 22.8 Å². The van der Waals surface area contributed by atoms with E-state index >= 15 is 0 Å². The zero-order valence-electron chi connectivity index (χ0n) is 10.9. The van der Waals surface area contributed by atoms with Crippen molar-refractivity contribution in [1.82, 2.24) is 5.32 Å². The molecule has 0 spiro atoms. The molecule has 7 heteroatoms. The first-order valence-corrected chi connectivity index (χ1v) is 6.06. The summed E-state index contributed by atoms with van der Waals surface area (Å²) in [5, 5.41) is 2.39. The van der Waals surface area contributed by atoms with Gasteiger partial charge in [-0.15, -0.1) is 0 Å². The van der Waals surface area contributed by atoms with E-state index in [-0.39, 0.29) is 17.8 Å². The Labute approximate surface area is 113 Å². The molecule has 0 unspecified atom stereocenters. The summed E-state index contributed by atoms with van der Waals surface area (Å²) in [4.78, 5) is 24.3. The molecule has 1 aliphatic heterocycles. The zero-order valence-corrected chi connectivity index (χ0v) is 10.9. The molecular formula is C13H13F3N2O2. The molecule has 1 heterocycles. The summed E-state index contributed by atoms with van der Waals surface area (Å²) < 4.78 is 39.1. The summed E-state index contributed by atoms with van der Waals surface area (Å²) in [5.41, 5.74) is -0.842. The summed E-state index contributed by atoms with van der Waals surface area (Å²) in [6, 6.07) is 2.55. The fourth-order valence-corrected chi connectivity index (χ4v) is 2.38. The van der Waals surface area contributed by atoms with Crippen molar-refractivity contribution in [2.24, 2.45) is 0 Å². The lowest BCUT2D eigenvalue weighted by Crippen LogP contribution is -2.36. The highest BCUT2D eigenvalue weighted by atomic mass is 19.4. The lowest BCUT2D eigenvalue weighted by Gasteiger charge is -2.19. The Balaban J connectivity index is 2.61. The average molecular weight is 286 g/mol. The third kappa shape index (κ3) is 2.23. The molecule has 4 nitrogen and oxygen atoms in total. The number of alkyl halides is 3. The maximum atomic E-state index is 13.0. The van der Waals surface area contributed by atoms with Gasteiger partial charge in [-0.25, -0.2) is 0 Å². The third-order valence-electron chi connectivity index (χ3n) is 3.13. The molecule has 0 fully saturated rings. The van der Waals surface area contributed by atoms with Crippen LogP contribution in [0.1, 0.15) is 31.0 Å². The van der Waals surface area contributed by atoms with Crippen LogP contribution in [0.15, 0.2) is 18.2 Å². The molecule has 1 aromatic carbocycles. The average Bonchev–Trinajstić information content (AvgIpc) is 2.60. The van der Waals surface area contributed by atoms with Gasteiger partial charge >= 0.3 is 6.18 Å². The lowest BCUT2D eigenvalue weighted by atomic mass is 10.0. The Bertz CT molecular complexity index is 569. The minimum Gasteiger partial charge on any atom is -0.341 e. The minimum atomic E-state index is -4.55. The molecule has 2 rings (SSSR count). The van der Waals surface area contributed by atoms with E-state index in [1.54, 1.807) is 6.92 Å². The summed E-state index contributed by atoms with van der Waals surface area (Å²) in [5.74, 6) is -1.01. The van der Waals surface area contributed by atoms with Crippen molar-refractivity contribution in [3.05, 3.63) is 29.3 Å². The summed E-state index contributed by atoms with van der Waals surface area (Å²) in [7, 11) is 0. The van der Waals surface area contributed by atoms with Crippen molar-refractivity contribution in [3.8, 4) is 0 Å². The number of para-hydroxylation sites is 1. The predicted octanol–water partition coefficient (Wildman–Crippen LogP) is 2.25. The highest BCUT2D eigenvalue weighted by Crippen LogP contribution is 2.44. The molecule has 1 aromatic rings. The number of amides is 2. The van der Waals surface area contributed by atoms with E-state index in [4.69, 9.17) is 0 Å². The quantitative estimate of drug-likeness (QED) is 0.906. The number of fused-ring (bicyclic) bond motifs is 1. The summed E-state index contributed by atoms with van der Waals surface area (Å²) in [6.45, 7) is 2.91. The number of carbonyl (C=O) groups is 2. The van der Waals surface area contributed by atoms with E-state index in [1.165, 1.54) is 19.1 Å². The Kier molecular flexibility index (Phi) is 3.45. The Morgan fingerprint density at radius 3 is 2.55 bits per heavy atom. The van der Waals surface area contributed by atoms with Crippen molar-refractivity contribution in [1.29, 1.82) is 0 Å². The minimum absolute atomic E-state index is 0.106. The van der Waals surface area contributed by atoms with Gasteiger partial charge in [0.15, 0.2) is 0 Å². The van der Waals surface area contributed by atoms with Crippen LogP contribution in [-0.4, -0.2) is 18.4 Å². The molecule has 1 N–H and O–H groups in total. The number of carbonyl (C=O) groups excluding carboxylic acids is 2. The highest BCUT2D eigenvalue weighted by molar-refractivity contribution is 6.06. The van der Waals surface area contributed by atoms with Crippen molar-refractivity contribution in [3.63, 3.8) is 0 Å². The summed E-state index contributed by atoms with van der Waals surface area (Å²) >= 11 is 0. The molecule has 108 valence electrons. The topological polar surface area (TPSA) is 49.4 Å². The molecule has 1 atom stereocenters. The number of nitrogens with zero attached hydrogens (tertiary/aromatic N) is 1. The predicted molar refractivity (Wildman–Crippen MR) is 66.0 cm³/mol. The van der Waals surface area contributed by atoms with Gasteiger partial charge in [0.2, 0.25) is 5.91 Å². The SMILES string of the molecule is CCN1C(=O)[C@@H](NC(C)=O)c2cccc(C(F)(F)F)c21. The van der Waals surface area contributed by atoms with Gasteiger partial charge in [-0.1, -0.05) is 12.1 Å². The van der Waals surface area contributed by atoms with Crippen molar-refractivity contribution in [2.75, 3.05) is 11.4 Å². The number of nitrogens with one attached hydrogen (secondary N) is 1. The first-order chi connectivity index (χ1) is 9.27. The van der Waals surface area contributed by atoms with E-state index in [0.29, 0.717) is 0 Å². The third-order valence-corrected chi connectivity index (χ3v) is 3.13. The Morgan fingerprint density at radius 2 is 2.05 bits per heavy atom. The van der Waals surface area contributed by atoms with Crippen LogP contribution in [0.5, 0.6) is 0 Å². The lowest BCUT2D eigenvalue weighted by molar-refractivity contribution is -0.137. The van der Waals surface area contributed by atoms with Crippen LogP contribution < -0.4 is 10.2 Å². The highest BCUT2D eigenvalue weighted by Gasteiger charge is 2.44. The van der Waals surface area contributed by atoms with Crippen LogP contribution in [-0.2, 0) is 15.8 Å². The second-order valence-electron chi connectivity index (χ2n) is 4.46. The molecule has 0 aliphatic carbocycles. The molecule has 0 bridgehead atoms. The van der Waals surface area contributed by atoms with E-state index in [2.05, 4.69) is 5.32 Å². The maximum absolute atomic E-state index is 13.0. The second-order valence-corrected chi connectivity index (χ2v) is 4.46. The van der Waals surface area contributed by atoms with Gasteiger partial charge in [-0.3, -0.25) is 9.59 Å². The van der Waals surface area contributed by atoms with Gasteiger partial charge in [0.25, 0.3) is 5.91 Å². The fourth-order valence-electron chi connectivity index (χ4n) is 2.38. The number of anilines is 1. The number of likely N-dealkylation sites (N-methyl/N-ethyl adjacent to an activating group) is 1. The molecule has 0 saturated heterocycles. The van der Waals surface area contributed by atoms with Crippen LogP contribution in [0, 0.1) is 0 Å². The van der Waals surface area contributed by atoms with Gasteiger partial charge in [0, 0.05) is 19.0 Å². The largest absolute Gasteiger partial charge is 0.418 e. The van der Waals surface area contributed by atoms with Gasteiger partial charge in [-0.2, -0.15) is 13.2 Å². The molecule has 20 heavy (non-hydrogen) atoms. The van der Waals surface area contributed by atoms with E-state index < -0.39 is 29.6 Å². The van der Waals surface area contributed by atoms with Crippen LogP contribution >= 0.6 is 0 Å². The van der Waals surface area contributed by atoms with Crippen molar-refractivity contribution in [2.45, 2.75) is 26.1 Å². The molecule has 2 amide bonds. The number of benzene rings is 1. The fraction of sp³-hybridized carbons (Fsp3) is 0.385. The normalized spacial score (nSPS) is 18.1. The first-order valence-electron chi connectivity index (χ1n) is 6.06. The van der Waals surface area contributed by atoms with Gasteiger partial charge in [-0.05, 0) is 13.0 Å². The smallest absolute Gasteiger partial charge is 0.341 e. The van der Waals surface area contributed by atoms with Crippen LogP contribution in [0.4, 0.5) is 18.9 Å². The van der Waals surface area contributed by atoms with Crippen molar-refractivity contribution < 1.29 is 22.8 Å². The van der Waals surface area contributed by atoms with Gasteiger partial charge < -0.3 is 10.2 Å². The Hall–Kier alpha value is -2.05. The monoisotopic (exact) mass is 286 g/mol. The maximum Gasteiger partial charge on any atom is 0.418 e. The van der Waals surface area contributed by atoms with Crippen LogP contribution in [0.2, 0.25) is 0 Å². The molecular weight excluding hydrogens is 273 g/mol. The standard InChI is InChI=1S/C13H13F3N2O2/c1-3-18-11-8(10(12(18)20)17-7(2)19)5-4-6-9(11)13(14,15)16/h4-6,10H,3H2,1-2H3,(H,17,19)/t10-/m0/s1. The molecule has 0 aromatic heterocycles. The second kappa shape index (κ2) is 4.81. The number of halogens is 3. The van der Waals surface area contributed by atoms with Crippen molar-refractivity contribution >= 4 is 17.5 Å². The van der Waals surface area contributed by atoms with Crippen LogP contribution in [0.25, 0.3) is 0 Å². The number of hydrogen-bond acceptors (Lipinski definition) is 2. The first kappa shape index (κ1) is 14.4. The van der Waals surface area contributed by atoms with Crippen LogP contribution in [0.3, 0.4) is 0 Å². The number of hydrogen-bond donors (Lipinski definition) is 1. The molecule has 0 radical (unpaired) electrons. The van der Waals surface area contributed by atoms with E-state index in [0.717, 1.165) is 11.0 Å². The molecule has 0 saturated carbocycles. The van der Waals surface area contributed by atoms with Gasteiger partial charge in [0.1, 0.15) is 6.04 Å².